The van der Waals surface area contributed by atoms with Crippen LogP contribution in [0.3, 0.4) is 0 Å². The van der Waals surface area contributed by atoms with E-state index in [4.69, 9.17) is 11.6 Å². The lowest BCUT2D eigenvalue weighted by atomic mass is 9.88. The summed E-state index contributed by atoms with van der Waals surface area (Å²) < 4.78 is 0. The van der Waals surface area contributed by atoms with Gasteiger partial charge in [0.2, 0.25) is 0 Å². The van der Waals surface area contributed by atoms with Crippen LogP contribution in [0.4, 0.5) is 0 Å². The van der Waals surface area contributed by atoms with Crippen molar-refractivity contribution in [2.24, 2.45) is 17.8 Å². The van der Waals surface area contributed by atoms with E-state index in [0.717, 1.165) is 29.3 Å². The summed E-state index contributed by atoms with van der Waals surface area (Å²) in [5.41, 5.74) is 2.55. The van der Waals surface area contributed by atoms with Crippen molar-refractivity contribution in [2.75, 3.05) is 6.54 Å². The van der Waals surface area contributed by atoms with E-state index in [1.807, 2.05) is 0 Å². The highest BCUT2D eigenvalue weighted by Crippen LogP contribution is 2.57. The largest absolute Gasteiger partial charge is 0.310 e. The van der Waals surface area contributed by atoms with Crippen molar-refractivity contribution in [2.45, 2.75) is 39.2 Å². The van der Waals surface area contributed by atoms with E-state index in [0.29, 0.717) is 6.04 Å². The zero-order valence-corrected chi connectivity index (χ0v) is 12.0. The van der Waals surface area contributed by atoms with E-state index in [-0.39, 0.29) is 0 Å². The third-order valence-electron chi connectivity index (χ3n) is 4.73. The zero-order chi connectivity index (χ0) is 12.7. The van der Waals surface area contributed by atoms with Crippen molar-refractivity contribution in [3.05, 3.63) is 34.3 Å². The van der Waals surface area contributed by atoms with Gasteiger partial charge in [-0.25, -0.2) is 0 Å². The molecule has 2 saturated carbocycles. The van der Waals surface area contributed by atoms with Crippen LogP contribution in [0.5, 0.6) is 0 Å². The first-order valence-corrected chi connectivity index (χ1v) is 7.56. The molecule has 0 amide bonds. The molecule has 2 fully saturated rings. The summed E-state index contributed by atoms with van der Waals surface area (Å²) in [7, 11) is 0. The quantitative estimate of drug-likeness (QED) is 0.852. The molecule has 3 unspecified atom stereocenters. The van der Waals surface area contributed by atoms with Crippen molar-refractivity contribution in [3.8, 4) is 0 Å². The van der Waals surface area contributed by atoms with Gasteiger partial charge in [0.1, 0.15) is 0 Å². The summed E-state index contributed by atoms with van der Waals surface area (Å²) in [5, 5.41) is 4.57. The minimum absolute atomic E-state index is 0.501. The Balaban J connectivity index is 1.81. The average molecular weight is 264 g/mol. The lowest BCUT2D eigenvalue weighted by Gasteiger charge is -2.26. The Morgan fingerprint density at radius 1 is 1.28 bits per heavy atom. The van der Waals surface area contributed by atoms with Crippen LogP contribution >= 0.6 is 11.6 Å². The third-order valence-corrected chi connectivity index (χ3v) is 5.14. The number of benzene rings is 1. The van der Waals surface area contributed by atoms with Gasteiger partial charge < -0.3 is 5.32 Å². The predicted molar refractivity (Wildman–Crippen MR) is 76.9 cm³/mol. The molecule has 0 spiro atoms. The van der Waals surface area contributed by atoms with Crippen LogP contribution in [0.2, 0.25) is 5.02 Å². The Morgan fingerprint density at radius 2 is 2.00 bits per heavy atom. The average Bonchev–Trinajstić information content (AvgIpc) is 2.97. The van der Waals surface area contributed by atoms with E-state index in [9.17, 15) is 0 Å². The molecule has 98 valence electrons. The van der Waals surface area contributed by atoms with Gasteiger partial charge in [-0.3, -0.25) is 0 Å². The van der Waals surface area contributed by atoms with Crippen molar-refractivity contribution in [1.82, 2.24) is 5.32 Å². The fraction of sp³-hybridized carbons (Fsp3) is 0.625. The van der Waals surface area contributed by atoms with Gasteiger partial charge in [0.15, 0.2) is 0 Å². The van der Waals surface area contributed by atoms with E-state index >= 15 is 0 Å². The first-order chi connectivity index (χ1) is 8.69. The van der Waals surface area contributed by atoms with Crippen molar-refractivity contribution >= 4 is 11.6 Å². The highest BCUT2D eigenvalue weighted by atomic mass is 35.5. The summed E-state index contributed by atoms with van der Waals surface area (Å²) in [4.78, 5) is 0. The molecule has 0 aliphatic heterocycles. The zero-order valence-electron chi connectivity index (χ0n) is 11.2. The second-order valence-electron chi connectivity index (χ2n) is 6.03. The van der Waals surface area contributed by atoms with Crippen molar-refractivity contribution < 1.29 is 0 Å². The van der Waals surface area contributed by atoms with Crippen LogP contribution in [0, 0.1) is 24.7 Å². The number of aryl methyl sites for hydroxylation is 1. The maximum atomic E-state index is 6.27. The Bertz CT molecular complexity index is 433. The van der Waals surface area contributed by atoms with Gasteiger partial charge in [-0.1, -0.05) is 30.7 Å². The molecule has 1 nitrogen and oxygen atoms in total. The molecule has 0 heterocycles. The van der Waals surface area contributed by atoms with Gasteiger partial charge >= 0.3 is 0 Å². The molecular weight excluding hydrogens is 242 g/mol. The molecule has 2 heteroatoms. The molecular formula is C16H22ClN. The molecule has 2 aliphatic rings. The number of halogens is 1. The monoisotopic (exact) mass is 263 g/mol. The summed E-state index contributed by atoms with van der Waals surface area (Å²) in [5.74, 6) is 2.89. The Hall–Kier alpha value is -0.530. The van der Waals surface area contributed by atoms with Crippen LogP contribution in [-0.4, -0.2) is 6.54 Å². The molecule has 3 atom stereocenters. The minimum atomic E-state index is 0.501. The van der Waals surface area contributed by atoms with Gasteiger partial charge in [-0.2, -0.15) is 0 Å². The standard InChI is InChI=1S/C16H22ClN/c1-3-18-16(14-7-12-6-13(12)8-14)11-5-4-10(2)15(17)9-11/h4-5,9,12-14,16,18H,3,6-8H2,1-2H3. The van der Waals surface area contributed by atoms with Gasteiger partial charge in [0.05, 0.1) is 0 Å². The smallest absolute Gasteiger partial charge is 0.0438 e. The lowest BCUT2D eigenvalue weighted by Crippen LogP contribution is -2.27. The predicted octanol–water partition coefficient (Wildman–Crippen LogP) is 4.35. The lowest BCUT2D eigenvalue weighted by molar-refractivity contribution is 0.346. The van der Waals surface area contributed by atoms with Gasteiger partial charge in [-0.15, -0.1) is 0 Å². The molecule has 0 bridgehead atoms. The molecule has 1 aromatic rings. The van der Waals surface area contributed by atoms with Crippen molar-refractivity contribution in [1.29, 1.82) is 0 Å². The van der Waals surface area contributed by atoms with Crippen molar-refractivity contribution in [3.63, 3.8) is 0 Å². The Labute approximate surface area is 115 Å². The molecule has 3 rings (SSSR count). The number of nitrogens with one attached hydrogen (secondary N) is 1. The SMILES string of the molecule is CCNC(c1ccc(C)c(Cl)c1)C1CC2CC2C1. The second-order valence-corrected chi connectivity index (χ2v) is 6.44. The van der Waals surface area contributed by atoms with Crippen LogP contribution in [0.25, 0.3) is 0 Å². The summed E-state index contributed by atoms with van der Waals surface area (Å²) in [6.45, 7) is 5.29. The topological polar surface area (TPSA) is 12.0 Å². The van der Waals surface area contributed by atoms with E-state index < -0.39 is 0 Å². The minimum Gasteiger partial charge on any atom is -0.310 e. The molecule has 0 saturated heterocycles. The summed E-state index contributed by atoms with van der Waals surface area (Å²) in [6, 6.07) is 7.06. The van der Waals surface area contributed by atoms with Gasteiger partial charge in [-0.05, 0) is 67.7 Å². The number of hydrogen-bond acceptors (Lipinski definition) is 1. The first-order valence-electron chi connectivity index (χ1n) is 7.18. The van der Waals surface area contributed by atoms with E-state index in [1.165, 1.54) is 30.4 Å². The van der Waals surface area contributed by atoms with Gasteiger partial charge in [0.25, 0.3) is 0 Å². The molecule has 0 radical (unpaired) electrons. The van der Waals surface area contributed by atoms with Crippen LogP contribution in [0.1, 0.15) is 43.4 Å². The summed E-state index contributed by atoms with van der Waals surface area (Å²) >= 11 is 6.27. The fourth-order valence-corrected chi connectivity index (χ4v) is 3.80. The highest BCUT2D eigenvalue weighted by Gasteiger charge is 2.47. The molecule has 0 aromatic heterocycles. The normalized spacial score (nSPS) is 31.2. The number of hydrogen-bond donors (Lipinski definition) is 1. The maximum absolute atomic E-state index is 6.27. The molecule has 2 aliphatic carbocycles. The Morgan fingerprint density at radius 3 is 2.61 bits per heavy atom. The van der Waals surface area contributed by atoms with Gasteiger partial charge in [0, 0.05) is 11.1 Å². The summed E-state index contributed by atoms with van der Waals surface area (Å²) in [6.07, 6.45) is 4.31. The highest BCUT2D eigenvalue weighted by molar-refractivity contribution is 6.31. The van der Waals surface area contributed by atoms with Crippen LogP contribution in [0.15, 0.2) is 18.2 Å². The number of rotatable bonds is 4. The van der Waals surface area contributed by atoms with E-state index in [1.54, 1.807) is 0 Å². The molecule has 18 heavy (non-hydrogen) atoms. The number of fused-ring (bicyclic) bond motifs is 1. The maximum Gasteiger partial charge on any atom is 0.0438 e. The first kappa shape index (κ1) is 12.5. The fourth-order valence-electron chi connectivity index (χ4n) is 3.61. The second kappa shape index (κ2) is 4.86. The molecule has 1 aromatic carbocycles. The Kier molecular flexibility index (Phi) is 3.38. The van der Waals surface area contributed by atoms with Crippen LogP contribution < -0.4 is 5.32 Å². The van der Waals surface area contributed by atoms with E-state index in [2.05, 4.69) is 37.4 Å². The molecule has 1 N–H and O–H groups in total. The van der Waals surface area contributed by atoms with Crippen LogP contribution in [-0.2, 0) is 0 Å². The third kappa shape index (κ3) is 2.31.